The van der Waals surface area contributed by atoms with Gasteiger partial charge in [0.25, 0.3) is 0 Å². The lowest BCUT2D eigenvalue weighted by Gasteiger charge is -2.37. The first-order valence-corrected chi connectivity index (χ1v) is 8.72. The predicted octanol–water partition coefficient (Wildman–Crippen LogP) is 3.49. The van der Waals surface area contributed by atoms with E-state index in [0.717, 1.165) is 31.2 Å². The van der Waals surface area contributed by atoms with Crippen LogP contribution in [0, 0.1) is 5.92 Å². The number of benzene rings is 1. The zero-order chi connectivity index (χ0) is 17.4. The largest absolute Gasteiger partial charge is 0.493 e. The van der Waals surface area contributed by atoms with Gasteiger partial charge in [-0.05, 0) is 37.5 Å². The van der Waals surface area contributed by atoms with Crippen LogP contribution in [0.1, 0.15) is 31.2 Å². The molecule has 132 valence electrons. The van der Waals surface area contributed by atoms with Gasteiger partial charge >= 0.3 is 0 Å². The van der Waals surface area contributed by atoms with E-state index < -0.39 is 0 Å². The number of allylic oxidation sites excluding steroid dienone is 1. The Hall–Kier alpha value is -2.43. The molecular formula is C20H22O5. The summed E-state index contributed by atoms with van der Waals surface area (Å²) in [6.07, 6.45) is 5.95. The number of Topliss-reactive ketones (excluding diaryl/α,β-unsaturated/α-hetero) is 1. The molecule has 1 saturated carbocycles. The average Bonchev–Trinajstić information content (AvgIpc) is 2.67. The number of hydrogen-bond donors (Lipinski definition) is 0. The lowest BCUT2D eigenvalue weighted by molar-refractivity contribution is -0.128. The molecule has 1 aromatic rings. The van der Waals surface area contributed by atoms with E-state index in [4.69, 9.17) is 18.9 Å². The normalized spacial score (nSPS) is 25.2. The third-order valence-corrected chi connectivity index (χ3v) is 5.21. The monoisotopic (exact) mass is 342 g/mol. The Labute approximate surface area is 147 Å². The summed E-state index contributed by atoms with van der Waals surface area (Å²) in [5, 5.41) is 0. The van der Waals surface area contributed by atoms with Crippen molar-refractivity contribution in [1.82, 2.24) is 0 Å². The van der Waals surface area contributed by atoms with Crippen molar-refractivity contribution in [1.29, 1.82) is 0 Å². The SMILES string of the molecule is COc1ccc(C2=CC3=C(CO2)C(=O)C2CCCCC2O3)cc1OC. The standard InChI is InChI=1S/C20H22O5/c1-22-16-8-7-12(9-19(16)23-2)17-10-18-14(11-24-17)20(21)13-5-3-4-6-15(13)25-18/h7-10,13,15H,3-6,11H2,1-2H3. The summed E-state index contributed by atoms with van der Waals surface area (Å²) in [5.74, 6) is 2.86. The van der Waals surface area contributed by atoms with Gasteiger partial charge in [-0.15, -0.1) is 0 Å². The van der Waals surface area contributed by atoms with Crippen LogP contribution in [0.2, 0.25) is 0 Å². The maximum absolute atomic E-state index is 12.7. The van der Waals surface area contributed by atoms with Crippen LogP contribution in [0.3, 0.4) is 0 Å². The molecule has 5 heteroatoms. The Morgan fingerprint density at radius 3 is 2.68 bits per heavy atom. The predicted molar refractivity (Wildman–Crippen MR) is 92.3 cm³/mol. The number of fused-ring (bicyclic) bond motifs is 1. The topological polar surface area (TPSA) is 54.0 Å². The quantitative estimate of drug-likeness (QED) is 0.842. The summed E-state index contributed by atoms with van der Waals surface area (Å²) in [6, 6.07) is 5.61. The summed E-state index contributed by atoms with van der Waals surface area (Å²) in [4.78, 5) is 12.7. The summed E-state index contributed by atoms with van der Waals surface area (Å²) in [6.45, 7) is 0.261. The van der Waals surface area contributed by atoms with Gasteiger partial charge < -0.3 is 18.9 Å². The molecule has 0 amide bonds. The minimum absolute atomic E-state index is 0.00660. The molecule has 1 fully saturated rings. The van der Waals surface area contributed by atoms with Crippen molar-refractivity contribution in [2.75, 3.05) is 20.8 Å². The zero-order valence-corrected chi connectivity index (χ0v) is 14.5. The van der Waals surface area contributed by atoms with Crippen LogP contribution in [-0.4, -0.2) is 32.7 Å². The van der Waals surface area contributed by atoms with Crippen LogP contribution in [0.25, 0.3) is 5.76 Å². The Bertz CT molecular complexity index is 761. The smallest absolute Gasteiger partial charge is 0.172 e. The number of hydrogen-bond acceptors (Lipinski definition) is 5. The molecule has 0 N–H and O–H groups in total. The van der Waals surface area contributed by atoms with E-state index in [0.29, 0.717) is 28.6 Å². The second kappa shape index (κ2) is 6.47. The molecule has 0 spiro atoms. The molecular weight excluding hydrogens is 320 g/mol. The third-order valence-electron chi connectivity index (χ3n) is 5.21. The molecule has 0 bridgehead atoms. The van der Waals surface area contributed by atoms with Gasteiger partial charge in [-0.2, -0.15) is 0 Å². The molecule has 25 heavy (non-hydrogen) atoms. The number of carbonyl (C=O) groups is 1. The van der Waals surface area contributed by atoms with Gasteiger partial charge in [-0.1, -0.05) is 6.42 Å². The van der Waals surface area contributed by atoms with Gasteiger partial charge in [-0.25, -0.2) is 0 Å². The first-order chi connectivity index (χ1) is 12.2. The van der Waals surface area contributed by atoms with Gasteiger partial charge in [0.1, 0.15) is 24.2 Å². The van der Waals surface area contributed by atoms with E-state index in [1.54, 1.807) is 14.2 Å². The average molecular weight is 342 g/mol. The molecule has 1 aromatic carbocycles. The Kier molecular flexibility index (Phi) is 4.15. The lowest BCUT2D eigenvalue weighted by Crippen LogP contribution is -2.40. The van der Waals surface area contributed by atoms with Gasteiger partial charge in [0.2, 0.25) is 0 Å². The van der Waals surface area contributed by atoms with Gasteiger partial charge in [-0.3, -0.25) is 4.79 Å². The maximum atomic E-state index is 12.7. The van der Waals surface area contributed by atoms with E-state index in [9.17, 15) is 4.79 Å². The van der Waals surface area contributed by atoms with Crippen LogP contribution in [-0.2, 0) is 14.3 Å². The molecule has 0 saturated heterocycles. The second-order valence-electron chi connectivity index (χ2n) is 6.62. The van der Waals surface area contributed by atoms with Crippen LogP contribution in [0.5, 0.6) is 11.5 Å². The molecule has 2 aliphatic heterocycles. The Morgan fingerprint density at radius 2 is 1.88 bits per heavy atom. The minimum atomic E-state index is 0.00660. The summed E-state index contributed by atoms with van der Waals surface area (Å²) < 4.78 is 22.7. The van der Waals surface area contributed by atoms with Gasteiger partial charge in [0.05, 0.1) is 25.7 Å². The van der Waals surface area contributed by atoms with Crippen molar-refractivity contribution in [2.45, 2.75) is 31.8 Å². The van der Waals surface area contributed by atoms with Gasteiger partial charge in [0, 0.05) is 11.6 Å². The molecule has 3 aliphatic rings. The van der Waals surface area contributed by atoms with Crippen LogP contribution < -0.4 is 9.47 Å². The highest BCUT2D eigenvalue weighted by Gasteiger charge is 2.41. The van der Waals surface area contributed by atoms with Crippen molar-refractivity contribution in [3.63, 3.8) is 0 Å². The molecule has 0 radical (unpaired) electrons. The lowest BCUT2D eigenvalue weighted by atomic mass is 9.79. The van der Waals surface area contributed by atoms with Crippen molar-refractivity contribution in [2.24, 2.45) is 5.92 Å². The molecule has 2 heterocycles. The molecule has 5 nitrogen and oxygen atoms in total. The Morgan fingerprint density at radius 1 is 1.08 bits per heavy atom. The number of ketones is 1. The third kappa shape index (κ3) is 2.77. The fraction of sp³-hybridized carbons (Fsp3) is 0.450. The van der Waals surface area contributed by atoms with Crippen LogP contribution in [0.4, 0.5) is 0 Å². The van der Waals surface area contributed by atoms with Crippen LogP contribution in [0.15, 0.2) is 35.6 Å². The number of methoxy groups -OCH3 is 2. The molecule has 2 atom stereocenters. The fourth-order valence-electron chi connectivity index (χ4n) is 3.85. The molecule has 1 aliphatic carbocycles. The molecule has 4 rings (SSSR count). The number of ether oxygens (including phenoxy) is 4. The summed E-state index contributed by atoms with van der Waals surface area (Å²) >= 11 is 0. The summed E-state index contributed by atoms with van der Waals surface area (Å²) in [5.41, 5.74) is 1.54. The zero-order valence-electron chi connectivity index (χ0n) is 14.5. The second-order valence-corrected chi connectivity index (χ2v) is 6.62. The Balaban J connectivity index is 1.67. The van der Waals surface area contributed by atoms with Crippen molar-refractivity contribution < 1.29 is 23.7 Å². The maximum Gasteiger partial charge on any atom is 0.172 e. The number of carbonyl (C=O) groups excluding carboxylic acids is 1. The highest BCUT2D eigenvalue weighted by molar-refractivity contribution is 6.00. The van der Waals surface area contributed by atoms with E-state index in [-0.39, 0.29) is 24.4 Å². The first-order valence-electron chi connectivity index (χ1n) is 8.72. The first kappa shape index (κ1) is 16.1. The van der Waals surface area contributed by atoms with Crippen molar-refractivity contribution in [3.8, 4) is 11.5 Å². The minimum Gasteiger partial charge on any atom is -0.493 e. The van der Waals surface area contributed by atoms with E-state index in [1.807, 2.05) is 24.3 Å². The van der Waals surface area contributed by atoms with Crippen molar-refractivity contribution >= 4 is 11.5 Å². The number of rotatable bonds is 3. The summed E-state index contributed by atoms with van der Waals surface area (Å²) in [7, 11) is 3.21. The molecule has 0 aromatic heterocycles. The van der Waals surface area contributed by atoms with Crippen molar-refractivity contribution in [3.05, 3.63) is 41.2 Å². The highest BCUT2D eigenvalue weighted by Crippen LogP contribution is 2.40. The fourth-order valence-corrected chi connectivity index (χ4v) is 3.85. The van der Waals surface area contributed by atoms with Crippen LogP contribution >= 0.6 is 0 Å². The van der Waals surface area contributed by atoms with Gasteiger partial charge in [0.15, 0.2) is 17.3 Å². The van der Waals surface area contributed by atoms with E-state index in [1.165, 1.54) is 0 Å². The highest BCUT2D eigenvalue weighted by atomic mass is 16.5. The van der Waals surface area contributed by atoms with E-state index in [2.05, 4.69) is 0 Å². The molecule has 2 unspecified atom stereocenters. The van der Waals surface area contributed by atoms with E-state index >= 15 is 0 Å².